The lowest BCUT2D eigenvalue weighted by Crippen LogP contribution is -2.37. The average Bonchev–Trinajstić information content (AvgIpc) is 1.86. The van der Waals surface area contributed by atoms with E-state index < -0.39 is 0 Å². The monoisotopic (exact) mass is 116 g/mol. The number of rotatable bonds is 0. The third kappa shape index (κ3) is 0.858. The third-order valence-corrected chi connectivity index (χ3v) is 1.87. The fourth-order valence-electron chi connectivity index (χ4n) is 0.868. The molecule has 2 nitrogen and oxygen atoms in total. The molecule has 0 aromatic carbocycles. The molecule has 1 saturated heterocycles. The molecule has 48 valence electrons. The Hall–Kier alpha value is -0.0800. The van der Waals surface area contributed by atoms with Gasteiger partial charge < -0.3 is 4.74 Å². The van der Waals surface area contributed by atoms with Crippen molar-refractivity contribution in [2.45, 2.75) is 19.6 Å². The van der Waals surface area contributed by atoms with Crippen molar-refractivity contribution in [3.8, 4) is 0 Å². The highest BCUT2D eigenvalue weighted by molar-refractivity contribution is 4.71. The largest absolute Gasteiger partial charge is 0.417 e. The second kappa shape index (κ2) is 1.71. The molecule has 0 aromatic heterocycles. The number of likely N-dealkylation sites (N-methyl/N-ethyl adjacent to an activating group) is 1. The quantitative estimate of drug-likeness (QED) is 0.413. The van der Waals surface area contributed by atoms with Crippen molar-refractivity contribution in [1.82, 2.24) is 4.90 Å². The molecule has 1 fully saturated rings. The fraction of sp³-hybridized carbons (Fsp3) is 1.00. The predicted molar refractivity (Wildman–Crippen MR) is 33.8 cm³/mol. The zero-order valence-corrected chi connectivity index (χ0v) is 5.81. The Morgan fingerprint density at radius 3 is 2.25 bits per heavy atom. The first kappa shape index (κ1) is 6.05. The van der Waals surface area contributed by atoms with Gasteiger partial charge in [0.2, 0.25) is 5.72 Å². The Bertz CT molecular complexity index is 90.5. The van der Waals surface area contributed by atoms with Crippen LogP contribution in [0, 0.1) is 0 Å². The lowest BCUT2D eigenvalue weighted by molar-refractivity contribution is -0.165. The maximum atomic E-state index is 4.38. The van der Waals surface area contributed by atoms with Crippen molar-refractivity contribution in [3.05, 3.63) is 0 Å². The van der Waals surface area contributed by atoms with E-state index in [-0.39, 0.29) is 5.72 Å². The molecule has 0 unspecified atom stereocenters. The molecule has 0 saturated carbocycles. The highest BCUT2D eigenvalue weighted by Gasteiger charge is 2.34. The first-order chi connectivity index (χ1) is 3.63. The van der Waals surface area contributed by atoms with Gasteiger partial charge in [0.15, 0.2) is 6.61 Å². The van der Waals surface area contributed by atoms with E-state index in [9.17, 15) is 0 Å². The van der Waals surface area contributed by atoms with Crippen LogP contribution in [0.2, 0.25) is 0 Å². The molecule has 8 heavy (non-hydrogen) atoms. The van der Waals surface area contributed by atoms with Gasteiger partial charge in [-0.15, -0.1) is 0 Å². The summed E-state index contributed by atoms with van der Waals surface area (Å²) >= 11 is 0. The average molecular weight is 116 g/mol. The van der Waals surface area contributed by atoms with Gasteiger partial charge in [0.05, 0.1) is 6.54 Å². The van der Waals surface area contributed by atoms with Crippen LogP contribution < -0.4 is 0 Å². The van der Waals surface area contributed by atoms with E-state index in [0.29, 0.717) is 0 Å². The molecule has 0 amide bonds. The number of aliphatic hydroxyl groups is 2. The summed E-state index contributed by atoms with van der Waals surface area (Å²) in [6, 6.07) is 0. The standard InChI is InChI=1S/C6H13NO/c1-6(2)7(3)4-5-8-6/h4-5H2,1-3H3/p+1. The van der Waals surface area contributed by atoms with Crippen LogP contribution in [-0.4, -0.2) is 35.6 Å². The van der Waals surface area contributed by atoms with E-state index in [2.05, 4.69) is 30.5 Å². The van der Waals surface area contributed by atoms with Gasteiger partial charge in [-0.05, 0) is 7.05 Å². The Labute approximate surface area is 50.4 Å². The zero-order valence-electron chi connectivity index (χ0n) is 5.81. The van der Waals surface area contributed by atoms with Crippen LogP contribution in [-0.2, 0) is 0 Å². The lowest BCUT2D eigenvalue weighted by atomic mass is 10.3. The molecule has 1 heterocycles. The van der Waals surface area contributed by atoms with Crippen LogP contribution in [0.15, 0.2) is 0 Å². The Kier molecular flexibility index (Phi) is 1.29. The normalized spacial score (nSPS) is 28.9. The molecule has 0 radical (unpaired) electrons. The second-order valence-corrected chi connectivity index (χ2v) is 2.80. The van der Waals surface area contributed by atoms with Crippen LogP contribution in [0.1, 0.15) is 13.8 Å². The van der Waals surface area contributed by atoms with Crippen molar-refractivity contribution in [1.29, 1.82) is 0 Å². The second-order valence-electron chi connectivity index (χ2n) is 2.80. The van der Waals surface area contributed by atoms with Gasteiger partial charge in [0.25, 0.3) is 0 Å². The summed E-state index contributed by atoms with van der Waals surface area (Å²) in [6.45, 7) is 6.40. The first-order valence-electron chi connectivity index (χ1n) is 3.03. The van der Waals surface area contributed by atoms with Crippen molar-refractivity contribution >= 4 is 0 Å². The molecule has 1 rings (SSSR count). The molecule has 0 atom stereocenters. The smallest absolute Gasteiger partial charge is 0.218 e. The molecule has 1 aliphatic rings. The van der Waals surface area contributed by atoms with Crippen LogP contribution >= 0.6 is 0 Å². The SMILES string of the molecule is CN1CC[OH+]C1(C)C. The predicted octanol–water partition coefficient (Wildman–Crippen LogP) is 0.196. The number of nitrogens with zero attached hydrogens (tertiary/aromatic N) is 1. The lowest BCUT2D eigenvalue weighted by Gasteiger charge is -2.20. The van der Waals surface area contributed by atoms with E-state index in [1.54, 1.807) is 0 Å². The summed E-state index contributed by atoms with van der Waals surface area (Å²) in [7, 11) is 2.11. The Morgan fingerprint density at radius 1 is 1.50 bits per heavy atom. The van der Waals surface area contributed by atoms with Crippen molar-refractivity contribution in [3.63, 3.8) is 0 Å². The minimum absolute atomic E-state index is 0.111. The molecule has 0 aromatic rings. The molecule has 1 aliphatic heterocycles. The molecular weight excluding hydrogens is 102 g/mol. The number of hydrogen-bond acceptors (Lipinski definition) is 1. The van der Waals surface area contributed by atoms with Crippen LogP contribution in [0.3, 0.4) is 0 Å². The molecule has 0 bridgehead atoms. The molecule has 1 N–H and O–H groups in total. The maximum absolute atomic E-state index is 4.38. The summed E-state index contributed by atoms with van der Waals surface area (Å²) < 4.78 is 4.38. The van der Waals surface area contributed by atoms with Gasteiger partial charge in [0, 0.05) is 13.8 Å². The minimum atomic E-state index is 0.111. The highest BCUT2D eigenvalue weighted by Crippen LogP contribution is 2.15. The molecular formula is C6H14NO+. The topological polar surface area (TPSA) is 16.0 Å². The summed E-state index contributed by atoms with van der Waals surface area (Å²) in [5.41, 5.74) is 0.111. The maximum Gasteiger partial charge on any atom is 0.218 e. The third-order valence-electron chi connectivity index (χ3n) is 1.87. The van der Waals surface area contributed by atoms with Gasteiger partial charge in [-0.2, -0.15) is 0 Å². The van der Waals surface area contributed by atoms with Crippen molar-refractivity contribution < 1.29 is 4.74 Å². The van der Waals surface area contributed by atoms with Gasteiger partial charge in [-0.1, -0.05) is 0 Å². The number of hydrogen-bond donors (Lipinski definition) is 0. The van der Waals surface area contributed by atoms with Gasteiger partial charge >= 0.3 is 0 Å². The van der Waals surface area contributed by atoms with Crippen LogP contribution in [0.5, 0.6) is 0 Å². The molecule has 0 spiro atoms. The first-order valence-corrected chi connectivity index (χ1v) is 3.03. The van der Waals surface area contributed by atoms with Gasteiger partial charge in [0.1, 0.15) is 0 Å². The van der Waals surface area contributed by atoms with E-state index in [0.717, 1.165) is 13.2 Å². The molecule has 2 heteroatoms. The number of ether oxygens (including phenoxy) is 1. The molecule has 0 aliphatic carbocycles. The summed E-state index contributed by atoms with van der Waals surface area (Å²) in [5.74, 6) is 0. The summed E-state index contributed by atoms with van der Waals surface area (Å²) in [5, 5.41) is 0. The summed E-state index contributed by atoms with van der Waals surface area (Å²) in [4.78, 5) is 2.26. The van der Waals surface area contributed by atoms with Crippen LogP contribution in [0.25, 0.3) is 0 Å². The zero-order chi connectivity index (χ0) is 6.20. The van der Waals surface area contributed by atoms with Crippen LogP contribution in [0.4, 0.5) is 0 Å². The fourth-order valence-corrected chi connectivity index (χ4v) is 0.868. The van der Waals surface area contributed by atoms with Gasteiger partial charge in [-0.25, -0.2) is 4.90 Å². The van der Waals surface area contributed by atoms with E-state index in [1.807, 2.05) is 0 Å². The van der Waals surface area contributed by atoms with Crippen molar-refractivity contribution in [2.24, 2.45) is 0 Å². The minimum Gasteiger partial charge on any atom is -0.417 e. The summed E-state index contributed by atoms with van der Waals surface area (Å²) in [6.07, 6.45) is 0. The highest BCUT2D eigenvalue weighted by atomic mass is 16.5. The van der Waals surface area contributed by atoms with E-state index in [1.165, 1.54) is 0 Å². The van der Waals surface area contributed by atoms with Gasteiger partial charge in [-0.3, -0.25) is 0 Å². The van der Waals surface area contributed by atoms with E-state index >= 15 is 0 Å². The van der Waals surface area contributed by atoms with Crippen molar-refractivity contribution in [2.75, 3.05) is 20.2 Å². The Morgan fingerprint density at radius 2 is 2.12 bits per heavy atom. The Balaban J connectivity index is 2.54. The van der Waals surface area contributed by atoms with E-state index in [4.69, 9.17) is 0 Å².